The Morgan fingerprint density at radius 3 is 2.94 bits per heavy atom. The van der Waals surface area contributed by atoms with Gasteiger partial charge < -0.3 is 5.32 Å². The molecular weight excluding hydrogens is 238 g/mol. The van der Waals surface area contributed by atoms with Gasteiger partial charge in [0, 0.05) is 6.04 Å². The van der Waals surface area contributed by atoms with Crippen LogP contribution in [0.15, 0.2) is 16.8 Å². The molecule has 102 valence electrons. The fraction of sp³-hybridized carbons (Fsp3) is 0.750. The molecule has 0 spiro atoms. The highest BCUT2D eigenvalue weighted by Crippen LogP contribution is 2.38. The van der Waals surface area contributed by atoms with Gasteiger partial charge in [-0.05, 0) is 60.0 Å². The van der Waals surface area contributed by atoms with Gasteiger partial charge >= 0.3 is 0 Å². The summed E-state index contributed by atoms with van der Waals surface area (Å²) < 4.78 is 0. The molecule has 3 unspecified atom stereocenters. The van der Waals surface area contributed by atoms with Gasteiger partial charge in [0.15, 0.2) is 0 Å². The first-order valence-electron chi connectivity index (χ1n) is 7.60. The molecule has 0 saturated heterocycles. The lowest BCUT2D eigenvalue weighted by molar-refractivity contribution is 0.209. The zero-order valence-corrected chi connectivity index (χ0v) is 12.6. The Bertz CT molecular complexity index is 320. The lowest BCUT2D eigenvalue weighted by Gasteiger charge is -2.34. The number of rotatable bonds is 6. The number of nitrogens with one attached hydrogen (secondary N) is 1. The lowest BCUT2D eigenvalue weighted by atomic mass is 9.75. The average Bonchev–Trinajstić information content (AvgIpc) is 2.93. The van der Waals surface area contributed by atoms with Crippen molar-refractivity contribution < 1.29 is 0 Å². The standard InChI is InChI=1S/C16H27NS/c1-3-9-17-16(15-8-10-18-12-15)14-7-5-6-13(4-2)11-14/h8,10,12-14,16-17H,3-7,9,11H2,1-2H3. The van der Waals surface area contributed by atoms with Gasteiger partial charge in [0.25, 0.3) is 0 Å². The molecule has 0 amide bonds. The Labute approximate surface area is 116 Å². The van der Waals surface area contributed by atoms with E-state index in [9.17, 15) is 0 Å². The van der Waals surface area contributed by atoms with E-state index in [2.05, 4.69) is 36.0 Å². The first-order valence-corrected chi connectivity index (χ1v) is 8.54. The maximum absolute atomic E-state index is 3.79. The molecule has 0 bridgehead atoms. The topological polar surface area (TPSA) is 12.0 Å². The number of thiophene rings is 1. The molecule has 1 saturated carbocycles. The highest BCUT2D eigenvalue weighted by molar-refractivity contribution is 7.07. The Kier molecular flexibility index (Phi) is 5.71. The third-order valence-corrected chi connectivity index (χ3v) is 5.09. The summed E-state index contributed by atoms with van der Waals surface area (Å²) in [4.78, 5) is 0. The minimum Gasteiger partial charge on any atom is -0.310 e. The van der Waals surface area contributed by atoms with Crippen molar-refractivity contribution >= 4 is 11.3 Å². The zero-order chi connectivity index (χ0) is 12.8. The SMILES string of the molecule is CCCNC(c1ccsc1)C1CCCC(CC)C1. The Morgan fingerprint density at radius 1 is 1.39 bits per heavy atom. The van der Waals surface area contributed by atoms with Gasteiger partial charge in [-0.1, -0.05) is 33.1 Å². The normalized spacial score (nSPS) is 26.1. The quantitative estimate of drug-likeness (QED) is 0.762. The largest absolute Gasteiger partial charge is 0.310 e. The van der Waals surface area contributed by atoms with Gasteiger partial charge in [-0.15, -0.1) is 0 Å². The summed E-state index contributed by atoms with van der Waals surface area (Å²) in [5, 5.41) is 8.35. The summed E-state index contributed by atoms with van der Waals surface area (Å²) >= 11 is 1.83. The van der Waals surface area contributed by atoms with Gasteiger partial charge in [0.05, 0.1) is 0 Å². The van der Waals surface area contributed by atoms with Crippen molar-refractivity contribution in [2.75, 3.05) is 6.54 Å². The summed E-state index contributed by atoms with van der Waals surface area (Å²) in [6.07, 6.45) is 8.31. The van der Waals surface area contributed by atoms with Gasteiger partial charge in [-0.25, -0.2) is 0 Å². The van der Waals surface area contributed by atoms with E-state index in [4.69, 9.17) is 0 Å². The highest BCUT2D eigenvalue weighted by atomic mass is 32.1. The molecule has 1 N–H and O–H groups in total. The fourth-order valence-electron chi connectivity index (χ4n) is 3.31. The number of hydrogen-bond acceptors (Lipinski definition) is 2. The maximum Gasteiger partial charge on any atom is 0.0357 e. The minimum atomic E-state index is 0.602. The van der Waals surface area contributed by atoms with Gasteiger partial charge in [0.2, 0.25) is 0 Å². The summed E-state index contributed by atoms with van der Waals surface area (Å²) in [5.74, 6) is 1.82. The second-order valence-corrected chi connectivity index (χ2v) is 6.47. The summed E-state index contributed by atoms with van der Waals surface area (Å²) in [5.41, 5.74) is 1.52. The van der Waals surface area contributed by atoms with Crippen LogP contribution in [0.3, 0.4) is 0 Å². The molecule has 1 nitrogen and oxygen atoms in total. The van der Waals surface area contributed by atoms with Crippen molar-refractivity contribution in [2.24, 2.45) is 11.8 Å². The van der Waals surface area contributed by atoms with E-state index in [1.165, 1.54) is 44.1 Å². The third kappa shape index (κ3) is 3.58. The van der Waals surface area contributed by atoms with E-state index >= 15 is 0 Å². The van der Waals surface area contributed by atoms with Crippen LogP contribution in [0.1, 0.15) is 64.0 Å². The molecule has 2 heteroatoms. The molecule has 3 atom stereocenters. The second kappa shape index (κ2) is 7.30. The molecular formula is C16H27NS. The summed E-state index contributed by atoms with van der Waals surface area (Å²) in [7, 11) is 0. The van der Waals surface area contributed by atoms with Crippen LogP contribution < -0.4 is 5.32 Å². The van der Waals surface area contributed by atoms with Crippen LogP contribution in [-0.4, -0.2) is 6.54 Å². The van der Waals surface area contributed by atoms with Crippen LogP contribution in [0.4, 0.5) is 0 Å². The molecule has 0 aliphatic heterocycles. The predicted octanol–water partition coefficient (Wildman–Crippen LogP) is 5.01. The molecule has 1 fully saturated rings. The molecule has 1 aromatic rings. The van der Waals surface area contributed by atoms with Crippen molar-refractivity contribution in [3.63, 3.8) is 0 Å². The molecule has 0 aromatic carbocycles. The lowest BCUT2D eigenvalue weighted by Crippen LogP contribution is -2.31. The van der Waals surface area contributed by atoms with Crippen LogP contribution in [0.2, 0.25) is 0 Å². The Balaban J connectivity index is 2.03. The van der Waals surface area contributed by atoms with Crippen LogP contribution in [-0.2, 0) is 0 Å². The van der Waals surface area contributed by atoms with E-state index in [0.29, 0.717) is 6.04 Å². The Hall–Kier alpha value is -0.340. The van der Waals surface area contributed by atoms with Gasteiger partial charge in [-0.2, -0.15) is 11.3 Å². The van der Waals surface area contributed by atoms with Crippen LogP contribution >= 0.6 is 11.3 Å². The van der Waals surface area contributed by atoms with Crippen LogP contribution in [0.5, 0.6) is 0 Å². The molecule has 1 heterocycles. The maximum atomic E-state index is 3.79. The molecule has 1 aliphatic carbocycles. The van der Waals surface area contributed by atoms with Crippen molar-refractivity contribution in [1.82, 2.24) is 5.32 Å². The first kappa shape index (κ1) is 14.1. The smallest absolute Gasteiger partial charge is 0.0357 e. The summed E-state index contributed by atoms with van der Waals surface area (Å²) in [6, 6.07) is 2.92. The van der Waals surface area contributed by atoms with E-state index in [1.54, 1.807) is 0 Å². The highest BCUT2D eigenvalue weighted by Gasteiger charge is 2.28. The molecule has 18 heavy (non-hydrogen) atoms. The second-order valence-electron chi connectivity index (χ2n) is 5.69. The third-order valence-electron chi connectivity index (χ3n) is 4.39. The molecule has 0 radical (unpaired) electrons. The minimum absolute atomic E-state index is 0.602. The van der Waals surface area contributed by atoms with E-state index in [1.807, 2.05) is 11.3 Å². The molecule has 2 rings (SSSR count). The number of hydrogen-bond donors (Lipinski definition) is 1. The zero-order valence-electron chi connectivity index (χ0n) is 11.8. The average molecular weight is 265 g/mol. The van der Waals surface area contributed by atoms with Gasteiger partial charge in [-0.3, -0.25) is 0 Å². The monoisotopic (exact) mass is 265 g/mol. The van der Waals surface area contributed by atoms with Crippen LogP contribution in [0.25, 0.3) is 0 Å². The molecule has 1 aliphatic rings. The van der Waals surface area contributed by atoms with E-state index in [0.717, 1.165) is 18.4 Å². The molecule has 1 aromatic heterocycles. The van der Waals surface area contributed by atoms with Crippen molar-refractivity contribution in [3.8, 4) is 0 Å². The van der Waals surface area contributed by atoms with Gasteiger partial charge in [0.1, 0.15) is 0 Å². The van der Waals surface area contributed by atoms with E-state index < -0.39 is 0 Å². The van der Waals surface area contributed by atoms with E-state index in [-0.39, 0.29) is 0 Å². The summed E-state index contributed by atoms with van der Waals surface area (Å²) in [6.45, 7) is 5.76. The predicted molar refractivity (Wildman–Crippen MR) is 81.1 cm³/mol. The van der Waals surface area contributed by atoms with Crippen molar-refractivity contribution in [1.29, 1.82) is 0 Å². The Morgan fingerprint density at radius 2 is 2.28 bits per heavy atom. The van der Waals surface area contributed by atoms with Crippen LogP contribution in [0, 0.1) is 11.8 Å². The fourth-order valence-corrected chi connectivity index (χ4v) is 4.01. The van der Waals surface area contributed by atoms with Crippen molar-refractivity contribution in [2.45, 2.75) is 58.4 Å². The van der Waals surface area contributed by atoms with Crippen molar-refractivity contribution in [3.05, 3.63) is 22.4 Å². The first-order chi connectivity index (χ1) is 8.85.